The van der Waals surface area contributed by atoms with Gasteiger partial charge in [-0.05, 0) is 14.1 Å². The minimum atomic E-state index is -3.16. The fourth-order valence-electron chi connectivity index (χ4n) is 1.42. The van der Waals surface area contributed by atoms with Crippen LogP contribution in [0.1, 0.15) is 0 Å². The van der Waals surface area contributed by atoms with E-state index in [0.717, 1.165) is 10.8 Å². The van der Waals surface area contributed by atoms with Crippen molar-refractivity contribution >= 4 is 19.7 Å². The van der Waals surface area contributed by atoms with Gasteiger partial charge in [0, 0.05) is 37.0 Å². The summed E-state index contributed by atoms with van der Waals surface area (Å²) in [5.74, 6) is 0.111. The van der Waals surface area contributed by atoms with Crippen molar-refractivity contribution in [3.8, 4) is 0 Å². The fraction of sp³-hybridized carbons (Fsp3) is 0.571. The van der Waals surface area contributed by atoms with Crippen LogP contribution in [-0.4, -0.2) is 78.4 Å². The average molecular weight is 351 g/mol. The van der Waals surface area contributed by atoms with Crippen molar-refractivity contribution in [2.24, 2.45) is 0 Å². The largest absolute Gasteiger partial charge is 0.302 e. The van der Waals surface area contributed by atoms with Crippen LogP contribution in [0.3, 0.4) is 0 Å². The fourth-order valence-corrected chi connectivity index (χ4v) is 2.89. The van der Waals surface area contributed by atoms with Gasteiger partial charge < -0.3 is 9.80 Å². The predicted molar refractivity (Wildman–Crippen MR) is 92.1 cm³/mol. The molecule has 0 aliphatic heterocycles. The third-order valence-electron chi connectivity index (χ3n) is 3.02. The molecule has 6 nitrogen and oxygen atoms in total. The molecule has 0 aromatic heterocycles. The van der Waals surface area contributed by atoms with E-state index in [0.29, 0.717) is 26.2 Å². The smallest absolute Gasteiger partial charge is 0.172 e. The third kappa shape index (κ3) is 10.7. The topological polar surface area (TPSA) is 74.8 Å². The minimum Gasteiger partial charge on any atom is -0.302 e. The van der Waals surface area contributed by atoms with Crippen molar-refractivity contribution in [2.45, 2.75) is 0 Å². The molecule has 0 aromatic carbocycles. The number of hydrogen-bond donors (Lipinski definition) is 0. The monoisotopic (exact) mass is 350 g/mol. The van der Waals surface area contributed by atoms with E-state index in [1.165, 1.54) is 0 Å². The van der Waals surface area contributed by atoms with Crippen LogP contribution in [-0.2, 0) is 19.7 Å². The molecule has 0 aromatic rings. The van der Waals surface area contributed by atoms with Gasteiger partial charge >= 0.3 is 0 Å². The summed E-state index contributed by atoms with van der Waals surface area (Å²) in [5, 5.41) is 1.95. The highest BCUT2D eigenvalue weighted by Gasteiger charge is 2.07. The Labute approximate surface area is 134 Å². The maximum Gasteiger partial charge on any atom is 0.172 e. The Balaban J connectivity index is 3.99. The number of hydrogen-bond acceptors (Lipinski definition) is 6. The lowest BCUT2D eigenvalue weighted by Gasteiger charge is -2.15. The summed E-state index contributed by atoms with van der Waals surface area (Å²) in [7, 11) is -2.64. The van der Waals surface area contributed by atoms with Gasteiger partial charge in [0.1, 0.15) is 0 Å². The lowest BCUT2D eigenvalue weighted by atomic mass is 10.4. The van der Waals surface area contributed by atoms with Crippen molar-refractivity contribution in [3.63, 3.8) is 0 Å². The molecule has 0 amide bonds. The lowest BCUT2D eigenvalue weighted by molar-refractivity contribution is 0.382. The Morgan fingerprint density at radius 3 is 1.36 bits per heavy atom. The SMILES string of the molecule is C=CS(=O)(=O)CCN(C)CC=CCN(C)CCS(=O)(=O)C=C. The van der Waals surface area contributed by atoms with E-state index in [2.05, 4.69) is 13.2 Å². The zero-order chi connectivity index (χ0) is 17.2. The first-order chi connectivity index (χ1) is 10.1. The summed E-state index contributed by atoms with van der Waals surface area (Å²) >= 11 is 0. The molecule has 0 aliphatic carbocycles. The average Bonchev–Trinajstić information content (AvgIpc) is 2.47. The summed E-state index contributed by atoms with van der Waals surface area (Å²) in [6, 6.07) is 0. The highest BCUT2D eigenvalue weighted by Crippen LogP contribution is 1.95. The van der Waals surface area contributed by atoms with Crippen LogP contribution in [0, 0.1) is 0 Å². The van der Waals surface area contributed by atoms with Crippen LogP contribution in [0.5, 0.6) is 0 Å². The maximum absolute atomic E-state index is 11.3. The highest BCUT2D eigenvalue weighted by atomic mass is 32.2. The molecule has 0 heterocycles. The van der Waals surface area contributed by atoms with Gasteiger partial charge in [0.2, 0.25) is 0 Å². The van der Waals surface area contributed by atoms with Crippen LogP contribution in [0.25, 0.3) is 0 Å². The van der Waals surface area contributed by atoms with Gasteiger partial charge in [0.15, 0.2) is 19.7 Å². The van der Waals surface area contributed by atoms with E-state index in [-0.39, 0.29) is 11.5 Å². The van der Waals surface area contributed by atoms with E-state index in [1.54, 1.807) is 0 Å². The van der Waals surface area contributed by atoms with Crippen LogP contribution in [0.4, 0.5) is 0 Å². The zero-order valence-corrected chi connectivity index (χ0v) is 14.9. The van der Waals surface area contributed by atoms with Crippen molar-refractivity contribution in [1.82, 2.24) is 9.80 Å². The Morgan fingerprint density at radius 2 is 1.09 bits per heavy atom. The van der Waals surface area contributed by atoms with Crippen LogP contribution in [0.2, 0.25) is 0 Å². The standard InChI is InChI=1S/C14H26N2O4S2/c1-5-21(17,18)13-11-15(3)9-7-8-10-16(4)12-14-22(19,20)6-2/h5-8H,1-2,9-14H2,3-4H3. The number of nitrogens with zero attached hydrogens (tertiary/aromatic N) is 2. The van der Waals surface area contributed by atoms with Gasteiger partial charge in [0.05, 0.1) is 11.5 Å². The number of rotatable bonds is 12. The van der Waals surface area contributed by atoms with Gasteiger partial charge in [-0.1, -0.05) is 25.3 Å². The zero-order valence-electron chi connectivity index (χ0n) is 13.3. The quantitative estimate of drug-likeness (QED) is 0.478. The Kier molecular flexibility index (Phi) is 9.50. The van der Waals surface area contributed by atoms with Crippen molar-refractivity contribution in [2.75, 3.05) is 51.8 Å². The summed E-state index contributed by atoms with van der Waals surface area (Å²) in [5.41, 5.74) is 0. The Hall–Kier alpha value is -0.960. The highest BCUT2D eigenvalue weighted by molar-refractivity contribution is 7.94. The van der Waals surface area contributed by atoms with Crippen molar-refractivity contribution in [1.29, 1.82) is 0 Å². The second kappa shape index (κ2) is 9.94. The molecule has 0 radical (unpaired) electrons. The van der Waals surface area contributed by atoms with E-state index >= 15 is 0 Å². The summed E-state index contributed by atoms with van der Waals surface area (Å²) in [6.07, 6.45) is 3.86. The molecule has 0 rings (SSSR count). The molecule has 0 fully saturated rings. The van der Waals surface area contributed by atoms with Crippen LogP contribution >= 0.6 is 0 Å². The summed E-state index contributed by atoms with van der Waals surface area (Å²) < 4.78 is 45.1. The second-order valence-electron chi connectivity index (χ2n) is 5.06. The molecule has 0 unspecified atom stereocenters. The van der Waals surface area contributed by atoms with E-state index in [1.807, 2.05) is 36.0 Å². The van der Waals surface area contributed by atoms with Gasteiger partial charge in [-0.15, -0.1) is 0 Å². The number of likely N-dealkylation sites (N-methyl/N-ethyl adjacent to an activating group) is 2. The first-order valence-electron chi connectivity index (χ1n) is 6.84. The first-order valence-corrected chi connectivity index (χ1v) is 10.3. The van der Waals surface area contributed by atoms with Crippen molar-refractivity contribution in [3.05, 3.63) is 36.1 Å². The van der Waals surface area contributed by atoms with Gasteiger partial charge in [-0.3, -0.25) is 0 Å². The minimum absolute atomic E-state index is 0.0557. The van der Waals surface area contributed by atoms with Crippen LogP contribution in [0.15, 0.2) is 36.1 Å². The molecular weight excluding hydrogens is 324 g/mol. The molecule has 0 spiro atoms. The predicted octanol–water partition coefficient (Wildman–Crippen LogP) is 0.523. The summed E-state index contributed by atoms with van der Waals surface area (Å²) in [4.78, 5) is 3.78. The Morgan fingerprint density at radius 1 is 0.773 bits per heavy atom. The second-order valence-corrected chi connectivity index (χ2v) is 9.20. The molecular formula is C14H26N2O4S2. The maximum atomic E-state index is 11.3. The third-order valence-corrected chi connectivity index (χ3v) is 5.54. The lowest BCUT2D eigenvalue weighted by Crippen LogP contribution is -2.26. The number of sulfone groups is 2. The molecule has 0 saturated heterocycles. The van der Waals surface area contributed by atoms with Gasteiger partial charge in [-0.25, -0.2) is 16.8 Å². The van der Waals surface area contributed by atoms with E-state index in [9.17, 15) is 16.8 Å². The molecule has 128 valence electrons. The van der Waals surface area contributed by atoms with Gasteiger partial charge in [0.25, 0.3) is 0 Å². The summed E-state index contributed by atoms with van der Waals surface area (Å²) in [6.45, 7) is 8.68. The molecule has 0 saturated carbocycles. The van der Waals surface area contributed by atoms with E-state index in [4.69, 9.17) is 0 Å². The van der Waals surface area contributed by atoms with E-state index < -0.39 is 19.7 Å². The molecule has 22 heavy (non-hydrogen) atoms. The normalized spacial score (nSPS) is 13.1. The van der Waals surface area contributed by atoms with Crippen LogP contribution < -0.4 is 0 Å². The Bertz CT molecular complexity index is 528. The molecule has 8 heteroatoms. The van der Waals surface area contributed by atoms with Gasteiger partial charge in [-0.2, -0.15) is 0 Å². The molecule has 0 bridgehead atoms. The molecule has 0 atom stereocenters. The first kappa shape index (κ1) is 21.0. The molecule has 0 N–H and O–H groups in total. The van der Waals surface area contributed by atoms with Crippen molar-refractivity contribution < 1.29 is 16.8 Å². The molecule has 0 aliphatic rings.